The summed E-state index contributed by atoms with van der Waals surface area (Å²) in [6, 6.07) is 15.2. The van der Waals surface area contributed by atoms with Crippen LogP contribution in [0.3, 0.4) is 0 Å². The standard InChI is InChI=1S/C23H27FN6/c1-3-17-5-4-6-18(15-17)26-22-9-10-25-23(28-22)27-19-7-8-21(20(24)16-19)30-13-11-29(2)12-14-30/h4-10,15-16H,3,11-14H2,1-2H3,(H2,25,26,27,28). The summed E-state index contributed by atoms with van der Waals surface area (Å²) in [5.74, 6) is 0.851. The van der Waals surface area contributed by atoms with Crippen LogP contribution in [-0.2, 0) is 6.42 Å². The number of hydrogen-bond acceptors (Lipinski definition) is 6. The molecule has 2 heterocycles. The first kappa shape index (κ1) is 20.1. The molecule has 0 radical (unpaired) electrons. The van der Waals surface area contributed by atoms with Gasteiger partial charge in [-0.2, -0.15) is 4.98 Å². The molecule has 0 atom stereocenters. The van der Waals surface area contributed by atoms with Crippen LogP contribution >= 0.6 is 0 Å². The number of halogens is 1. The number of hydrogen-bond donors (Lipinski definition) is 2. The van der Waals surface area contributed by atoms with Crippen LogP contribution in [0.2, 0.25) is 0 Å². The van der Waals surface area contributed by atoms with Gasteiger partial charge in [0.2, 0.25) is 5.95 Å². The van der Waals surface area contributed by atoms with Gasteiger partial charge in [-0.3, -0.25) is 0 Å². The third-order valence-corrected chi connectivity index (χ3v) is 5.31. The third-order valence-electron chi connectivity index (χ3n) is 5.31. The van der Waals surface area contributed by atoms with E-state index in [-0.39, 0.29) is 5.82 Å². The number of benzene rings is 2. The highest BCUT2D eigenvalue weighted by atomic mass is 19.1. The minimum absolute atomic E-state index is 0.241. The topological polar surface area (TPSA) is 56.3 Å². The molecule has 1 aliphatic rings. The molecule has 30 heavy (non-hydrogen) atoms. The largest absolute Gasteiger partial charge is 0.367 e. The molecule has 0 amide bonds. The van der Waals surface area contributed by atoms with E-state index in [1.54, 1.807) is 12.3 Å². The van der Waals surface area contributed by atoms with Crippen molar-refractivity contribution in [3.8, 4) is 0 Å². The zero-order valence-corrected chi connectivity index (χ0v) is 17.4. The van der Waals surface area contributed by atoms with Crippen molar-refractivity contribution in [1.29, 1.82) is 0 Å². The molecule has 6 nitrogen and oxygen atoms in total. The Kier molecular flexibility index (Phi) is 6.09. The summed E-state index contributed by atoms with van der Waals surface area (Å²) in [6.07, 6.45) is 2.65. The Morgan fingerprint density at radius 1 is 0.967 bits per heavy atom. The SMILES string of the molecule is CCc1cccc(Nc2ccnc(Nc3ccc(N4CCN(C)CC4)c(F)c3)n2)c1. The highest BCUT2D eigenvalue weighted by Crippen LogP contribution is 2.25. The first-order valence-corrected chi connectivity index (χ1v) is 10.3. The van der Waals surface area contributed by atoms with Crippen LogP contribution in [-0.4, -0.2) is 48.1 Å². The molecule has 0 spiro atoms. The maximum absolute atomic E-state index is 14.7. The van der Waals surface area contributed by atoms with Crippen LogP contribution in [0.4, 0.5) is 33.2 Å². The van der Waals surface area contributed by atoms with E-state index in [1.807, 2.05) is 24.3 Å². The van der Waals surface area contributed by atoms with Gasteiger partial charge in [-0.1, -0.05) is 19.1 Å². The molecule has 2 N–H and O–H groups in total. The molecule has 0 saturated carbocycles. The van der Waals surface area contributed by atoms with E-state index in [2.05, 4.69) is 56.5 Å². The molecule has 1 saturated heterocycles. The maximum atomic E-state index is 14.7. The number of likely N-dealkylation sites (N-methyl/N-ethyl adjacent to an activating group) is 1. The highest BCUT2D eigenvalue weighted by Gasteiger charge is 2.17. The Balaban J connectivity index is 1.45. The Morgan fingerprint density at radius 2 is 1.77 bits per heavy atom. The molecule has 156 valence electrons. The van der Waals surface area contributed by atoms with Crippen LogP contribution in [0.1, 0.15) is 12.5 Å². The Bertz CT molecular complexity index is 1000. The van der Waals surface area contributed by atoms with Crippen molar-refractivity contribution in [3.05, 3.63) is 66.1 Å². The number of anilines is 5. The molecule has 0 unspecified atom stereocenters. The first-order chi connectivity index (χ1) is 14.6. The lowest BCUT2D eigenvalue weighted by Crippen LogP contribution is -2.44. The fraction of sp³-hybridized carbons (Fsp3) is 0.304. The van der Waals surface area contributed by atoms with Gasteiger partial charge >= 0.3 is 0 Å². The Labute approximate surface area is 176 Å². The summed E-state index contributed by atoms with van der Waals surface area (Å²) in [5, 5.41) is 6.40. The first-order valence-electron chi connectivity index (χ1n) is 10.3. The van der Waals surface area contributed by atoms with Crippen molar-refractivity contribution < 1.29 is 4.39 Å². The summed E-state index contributed by atoms with van der Waals surface area (Å²) >= 11 is 0. The van der Waals surface area contributed by atoms with Gasteiger partial charge in [-0.25, -0.2) is 9.37 Å². The van der Waals surface area contributed by atoms with Gasteiger partial charge in [-0.15, -0.1) is 0 Å². The minimum atomic E-state index is -0.241. The zero-order valence-electron chi connectivity index (χ0n) is 17.4. The van der Waals surface area contributed by atoms with Gasteiger partial charge in [0.1, 0.15) is 11.6 Å². The van der Waals surface area contributed by atoms with Crippen molar-refractivity contribution in [2.45, 2.75) is 13.3 Å². The Morgan fingerprint density at radius 3 is 2.53 bits per heavy atom. The van der Waals surface area contributed by atoms with E-state index in [0.717, 1.165) is 38.3 Å². The van der Waals surface area contributed by atoms with Crippen LogP contribution < -0.4 is 15.5 Å². The second kappa shape index (κ2) is 9.09. The van der Waals surface area contributed by atoms with Gasteiger partial charge in [0.05, 0.1) is 5.69 Å². The molecule has 1 fully saturated rings. The zero-order chi connectivity index (χ0) is 20.9. The predicted octanol–water partition coefficient (Wildman–Crippen LogP) is 4.42. The number of aromatic nitrogens is 2. The van der Waals surface area contributed by atoms with Gasteiger partial charge in [0.25, 0.3) is 0 Å². The summed E-state index contributed by atoms with van der Waals surface area (Å²) in [4.78, 5) is 13.1. The molecule has 0 aliphatic carbocycles. The second-order valence-corrected chi connectivity index (χ2v) is 7.53. The fourth-order valence-corrected chi connectivity index (χ4v) is 3.52. The van der Waals surface area contributed by atoms with Crippen LogP contribution in [0.25, 0.3) is 0 Å². The van der Waals surface area contributed by atoms with Gasteiger partial charge in [-0.05, 0) is 55.4 Å². The summed E-state index contributed by atoms with van der Waals surface area (Å²) in [6.45, 7) is 5.66. The van der Waals surface area contributed by atoms with Gasteiger partial charge in [0, 0.05) is 43.8 Å². The summed E-state index contributed by atoms with van der Waals surface area (Å²) in [7, 11) is 2.09. The number of piperazine rings is 1. The molecule has 1 aliphatic heterocycles. The van der Waals surface area contributed by atoms with Gasteiger partial charge in [0.15, 0.2) is 0 Å². The van der Waals surface area contributed by atoms with E-state index < -0.39 is 0 Å². The maximum Gasteiger partial charge on any atom is 0.229 e. The molecule has 1 aromatic heterocycles. The number of aryl methyl sites for hydroxylation is 1. The van der Waals surface area contributed by atoms with E-state index in [1.165, 1.54) is 11.6 Å². The Hall–Kier alpha value is -3.19. The summed E-state index contributed by atoms with van der Waals surface area (Å²) in [5.41, 5.74) is 3.49. The lowest BCUT2D eigenvalue weighted by Gasteiger charge is -2.34. The van der Waals surface area contributed by atoms with Crippen LogP contribution in [0.5, 0.6) is 0 Å². The quantitative estimate of drug-likeness (QED) is 0.632. The summed E-state index contributed by atoms with van der Waals surface area (Å²) < 4.78 is 14.7. The molecule has 4 rings (SSSR count). The second-order valence-electron chi connectivity index (χ2n) is 7.53. The van der Waals surface area contributed by atoms with Crippen molar-refractivity contribution in [1.82, 2.24) is 14.9 Å². The normalized spacial score (nSPS) is 14.6. The average Bonchev–Trinajstić information content (AvgIpc) is 2.75. The van der Waals surface area contributed by atoms with E-state index in [4.69, 9.17) is 0 Å². The highest BCUT2D eigenvalue weighted by molar-refractivity contribution is 5.62. The molecule has 7 heteroatoms. The van der Waals surface area contributed by atoms with Crippen molar-refractivity contribution >= 4 is 28.8 Å². The third kappa shape index (κ3) is 4.86. The molecular formula is C23H27FN6. The smallest absolute Gasteiger partial charge is 0.229 e. The minimum Gasteiger partial charge on any atom is -0.367 e. The lowest BCUT2D eigenvalue weighted by molar-refractivity contribution is 0.311. The van der Waals surface area contributed by atoms with Crippen molar-refractivity contribution in [2.75, 3.05) is 48.8 Å². The van der Waals surface area contributed by atoms with Crippen LogP contribution in [0, 0.1) is 5.82 Å². The number of nitrogens with one attached hydrogen (secondary N) is 2. The molecule has 2 aromatic carbocycles. The van der Waals surface area contributed by atoms with E-state index in [9.17, 15) is 4.39 Å². The van der Waals surface area contributed by atoms with Crippen molar-refractivity contribution in [2.24, 2.45) is 0 Å². The van der Waals surface area contributed by atoms with Crippen molar-refractivity contribution in [3.63, 3.8) is 0 Å². The number of rotatable bonds is 6. The van der Waals surface area contributed by atoms with E-state index in [0.29, 0.717) is 23.1 Å². The number of nitrogens with zero attached hydrogens (tertiary/aromatic N) is 4. The predicted molar refractivity (Wildman–Crippen MR) is 121 cm³/mol. The lowest BCUT2D eigenvalue weighted by atomic mass is 10.1. The van der Waals surface area contributed by atoms with Gasteiger partial charge < -0.3 is 20.4 Å². The van der Waals surface area contributed by atoms with Crippen LogP contribution in [0.15, 0.2) is 54.7 Å². The van der Waals surface area contributed by atoms with E-state index >= 15 is 0 Å². The fourth-order valence-electron chi connectivity index (χ4n) is 3.52. The molecular weight excluding hydrogens is 379 g/mol. The molecule has 3 aromatic rings. The monoisotopic (exact) mass is 406 g/mol. The molecule has 0 bridgehead atoms. The average molecular weight is 407 g/mol.